The molecule has 6 atom stereocenters. The van der Waals surface area contributed by atoms with E-state index in [1.165, 1.54) is 13.8 Å². The van der Waals surface area contributed by atoms with Crippen molar-refractivity contribution >= 4 is 11.9 Å². The molecule has 0 aromatic carbocycles. The molecular weight excluding hydrogens is 436 g/mol. The Bertz CT molecular complexity index is 618. The molecule has 2 rings (SSSR count). The number of fused-ring (bicyclic) bond motifs is 1. The molecule has 2 aliphatic heterocycles. The minimum atomic E-state index is -0.870. The highest BCUT2D eigenvalue weighted by Crippen LogP contribution is 2.31. The fraction of sp³-hybridized carbons (Fsp3) is 0.889. The van der Waals surface area contributed by atoms with Crippen molar-refractivity contribution in [1.29, 1.82) is 0 Å². The standard InChI is InChI=1S/C18H28N2O12/c1-11(31-19(23)24)5-3-7-15(21)29-13-9-27-18-14(10-28-17(13)18)30-16(22)8-4-6-12(2)32-20(25)26/h11-14,17-18H,3-10H2,1-2H3/t11-,12?,13+,14+,17+,18+/m0/s1. The lowest BCUT2D eigenvalue weighted by molar-refractivity contribution is -0.767. The number of hydrogen-bond donors (Lipinski definition) is 0. The van der Waals surface area contributed by atoms with Crippen molar-refractivity contribution in [3.8, 4) is 0 Å². The van der Waals surface area contributed by atoms with E-state index in [9.17, 15) is 29.8 Å². The molecule has 0 saturated carbocycles. The van der Waals surface area contributed by atoms with Crippen molar-refractivity contribution in [2.75, 3.05) is 13.2 Å². The van der Waals surface area contributed by atoms with Crippen LogP contribution in [-0.4, -0.2) is 71.9 Å². The second-order valence-corrected chi connectivity index (χ2v) is 7.72. The highest BCUT2D eigenvalue weighted by atomic mass is 17.0. The predicted molar refractivity (Wildman–Crippen MR) is 102 cm³/mol. The van der Waals surface area contributed by atoms with Gasteiger partial charge in [-0.05, 0) is 39.5 Å². The van der Waals surface area contributed by atoms with Crippen molar-refractivity contribution in [3.63, 3.8) is 0 Å². The normalized spacial score (nSPS) is 25.9. The minimum absolute atomic E-state index is 0.0658. The van der Waals surface area contributed by atoms with Gasteiger partial charge in [0.1, 0.15) is 24.4 Å². The van der Waals surface area contributed by atoms with Gasteiger partial charge in [-0.15, -0.1) is 20.2 Å². The zero-order valence-electron chi connectivity index (χ0n) is 17.9. The van der Waals surface area contributed by atoms with Crippen LogP contribution < -0.4 is 0 Å². The fourth-order valence-electron chi connectivity index (χ4n) is 3.55. The molecule has 0 N–H and O–H groups in total. The summed E-state index contributed by atoms with van der Waals surface area (Å²) in [6.07, 6.45) is -2.10. The number of ether oxygens (including phenoxy) is 4. The summed E-state index contributed by atoms with van der Waals surface area (Å²) in [7, 11) is 0. The van der Waals surface area contributed by atoms with E-state index in [1.807, 2.05) is 0 Å². The quantitative estimate of drug-likeness (QED) is 0.204. The maximum absolute atomic E-state index is 12.0. The molecule has 32 heavy (non-hydrogen) atoms. The van der Waals surface area contributed by atoms with Crippen molar-refractivity contribution in [1.82, 2.24) is 0 Å². The Kier molecular flexibility index (Phi) is 9.84. The third kappa shape index (κ3) is 8.42. The molecule has 0 aromatic heterocycles. The Morgan fingerprint density at radius 1 is 0.844 bits per heavy atom. The van der Waals surface area contributed by atoms with E-state index in [0.717, 1.165) is 0 Å². The molecule has 1 unspecified atom stereocenters. The number of nitrogens with zero attached hydrogens (tertiary/aromatic N) is 2. The van der Waals surface area contributed by atoms with Crippen LogP contribution in [0.2, 0.25) is 0 Å². The third-order valence-electron chi connectivity index (χ3n) is 5.04. The van der Waals surface area contributed by atoms with Crippen LogP contribution in [0, 0.1) is 20.2 Å². The Balaban J connectivity index is 1.66. The number of rotatable bonds is 14. The average Bonchev–Trinajstić information content (AvgIpc) is 3.24. The molecule has 2 aliphatic rings. The van der Waals surface area contributed by atoms with Crippen LogP contribution in [0.3, 0.4) is 0 Å². The van der Waals surface area contributed by atoms with Gasteiger partial charge in [0, 0.05) is 12.8 Å². The highest BCUT2D eigenvalue weighted by molar-refractivity contribution is 5.70. The summed E-state index contributed by atoms with van der Waals surface area (Å²) in [4.78, 5) is 53.3. The van der Waals surface area contributed by atoms with Crippen LogP contribution in [0.1, 0.15) is 52.4 Å². The molecule has 0 aromatic rings. The summed E-state index contributed by atoms with van der Waals surface area (Å²) < 4.78 is 22.0. The van der Waals surface area contributed by atoms with Crippen LogP contribution in [-0.2, 0) is 38.2 Å². The van der Waals surface area contributed by atoms with Gasteiger partial charge in [0.15, 0.2) is 12.2 Å². The predicted octanol–water partition coefficient (Wildman–Crippen LogP) is 1.14. The van der Waals surface area contributed by atoms with E-state index in [-0.39, 0.29) is 26.1 Å². The molecule has 0 amide bonds. The lowest BCUT2D eigenvalue weighted by Gasteiger charge is -2.17. The molecule has 14 heteroatoms. The van der Waals surface area contributed by atoms with E-state index < -0.39 is 58.7 Å². The Morgan fingerprint density at radius 2 is 1.22 bits per heavy atom. The molecule has 2 heterocycles. The first kappa shape index (κ1) is 25.5. The summed E-state index contributed by atoms with van der Waals surface area (Å²) in [5, 5.41) is 18.8. The van der Waals surface area contributed by atoms with Gasteiger partial charge >= 0.3 is 11.9 Å². The number of carbonyl (C=O) groups is 2. The molecular formula is C18H28N2O12. The van der Waals surface area contributed by atoms with Crippen LogP contribution in [0.4, 0.5) is 0 Å². The third-order valence-corrected chi connectivity index (χ3v) is 5.04. The van der Waals surface area contributed by atoms with Gasteiger partial charge in [-0.2, -0.15) is 0 Å². The zero-order valence-corrected chi connectivity index (χ0v) is 17.9. The van der Waals surface area contributed by atoms with Crippen molar-refractivity contribution in [2.45, 2.75) is 89.0 Å². The molecule has 14 nitrogen and oxygen atoms in total. The van der Waals surface area contributed by atoms with E-state index >= 15 is 0 Å². The van der Waals surface area contributed by atoms with Gasteiger partial charge in [-0.1, -0.05) is 0 Å². The van der Waals surface area contributed by atoms with Gasteiger partial charge in [0.2, 0.25) is 0 Å². The monoisotopic (exact) mass is 464 g/mol. The van der Waals surface area contributed by atoms with Gasteiger partial charge in [-0.25, -0.2) is 0 Å². The van der Waals surface area contributed by atoms with Crippen molar-refractivity contribution in [2.24, 2.45) is 0 Å². The summed E-state index contributed by atoms with van der Waals surface area (Å²) in [6, 6.07) is 0. The molecule has 0 radical (unpaired) electrons. The van der Waals surface area contributed by atoms with E-state index in [0.29, 0.717) is 25.7 Å². The second kappa shape index (κ2) is 12.3. The van der Waals surface area contributed by atoms with Gasteiger partial charge in [-0.3, -0.25) is 9.59 Å². The largest absolute Gasteiger partial charge is 0.457 e. The van der Waals surface area contributed by atoms with Crippen molar-refractivity contribution in [3.05, 3.63) is 20.2 Å². The van der Waals surface area contributed by atoms with Crippen LogP contribution >= 0.6 is 0 Å². The van der Waals surface area contributed by atoms with Gasteiger partial charge < -0.3 is 28.6 Å². The highest BCUT2D eigenvalue weighted by Gasteiger charge is 2.51. The first-order valence-corrected chi connectivity index (χ1v) is 10.4. The average molecular weight is 464 g/mol. The maximum Gasteiger partial charge on any atom is 0.306 e. The molecule has 0 bridgehead atoms. The van der Waals surface area contributed by atoms with E-state index in [2.05, 4.69) is 9.68 Å². The van der Waals surface area contributed by atoms with Gasteiger partial charge in [0.05, 0.1) is 13.2 Å². The zero-order chi connectivity index (χ0) is 23.7. The summed E-state index contributed by atoms with van der Waals surface area (Å²) >= 11 is 0. The lowest BCUT2D eigenvalue weighted by atomic mass is 10.1. The smallest absolute Gasteiger partial charge is 0.306 e. The Morgan fingerprint density at radius 3 is 1.56 bits per heavy atom. The fourth-order valence-corrected chi connectivity index (χ4v) is 3.55. The summed E-state index contributed by atoms with van der Waals surface area (Å²) in [6.45, 7) is 3.29. The summed E-state index contributed by atoms with van der Waals surface area (Å²) in [5.74, 6) is -0.967. The Labute approximate surface area is 183 Å². The first-order valence-electron chi connectivity index (χ1n) is 10.4. The van der Waals surface area contributed by atoms with Crippen LogP contribution in [0.15, 0.2) is 0 Å². The van der Waals surface area contributed by atoms with Gasteiger partial charge in [0.25, 0.3) is 10.2 Å². The minimum Gasteiger partial charge on any atom is -0.457 e. The Hall–Kier alpha value is -2.74. The number of hydrogen-bond acceptors (Lipinski definition) is 12. The maximum atomic E-state index is 12.0. The van der Waals surface area contributed by atoms with E-state index in [1.54, 1.807) is 0 Å². The summed E-state index contributed by atoms with van der Waals surface area (Å²) in [5.41, 5.74) is 0. The first-order chi connectivity index (χ1) is 15.2. The second-order valence-electron chi connectivity index (χ2n) is 7.72. The lowest BCUT2D eigenvalue weighted by Crippen LogP contribution is -2.36. The van der Waals surface area contributed by atoms with Crippen molar-refractivity contribution < 1.29 is 48.4 Å². The van der Waals surface area contributed by atoms with E-state index in [4.69, 9.17) is 18.9 Å². The molecule has 0 spiro atoms. The van der Waals surface area contributed by atoms with Crippen LogP contribution in [0.25, 0.3) is 0 Å². The topological polar surface area (TPSA) is 176 Å². The molecule has 2 saturated heterocycles. The molecule has 0 aliphatic carbocycles. The molecule has 2 fully saturated rings. The SMILES string of the molecule is CC(CCCC(=O)O[C@@H]1CO[C@H]2[C@@H]1OC[C@H]2OC(=O)CCC[C@H](C)O[N+](=O)[O-])O[N+](=O)[O-]. The molecule has 182 valence electrons. The number of carbonyl (C=O) groups excluding carboxylic acids is 2. The number of esters is 2. The van der Waals surface area contributed by atoms with Crippen LogP contribution in [0.5, 0.6) is 0 Å².